The molecule has 0 radical (unpaired) electrons. The van der Waals surface area contributed by atoms with Gasteiger partial charge in [0.15, 0.2) is 0 Å². The standard InChI is InChI=1S/C21H26Cl2N6O/c22-14-6-4-5-13(16(14)23)15-17(19(26)30)27-20(28-18(15)25)29-10-12(9-24)21(11-29)7-2-1-3-8-21/h4-6,12H,1-3,7-11,24H2,(H2,26,30)(H2,25,27,28). The van der Waals surface area contributed by atoms with Gasteiger partial charge in [-0.15, -0.1) is 0 Å². The van der Waals surface area contributed by atoms with Gasteiger partial charge in [-0.05, 0) is 36.8 Å². The predicted molar refractivity (Wildman–Crippen MR) is 121 cm³/mol. The number of carbonyl (C=O) groups excluding carboxylic acids is 1. The summed E-state index contributed by atoms with van der Waals surface area (Å²) in [5.41, 5.74) is 19.1. The SMILES string of the molecule is NCC1CN(c2nc(N)c(-c3cccc(Cl)c3Cl)c(C(N)=O)n2)CC12CCCCC2. The van der Waals surface area contributed by atoms with Crippen LogP contribution in [0.15, 0.2) is 18.2 Å². The van der Waals surface area contributed by atoms with Crippen molar-refractivity contribution in [1.82, 2.24) is 9.97 Å². The molecule has 0 bridgehead atoms. The Bertz CT molecular complexity index is 976. The number of nitrogens with two attached hydrogens (primary N) is 3. The lowest BCUT2D eigenvalue weighted by atomic mass is 9.68. The van der Waals surface area contributed by atoms with E-state index < -0.39 is 5.91 Å². The molecule has 1 aliphatic heterocycles. The molecular weight excluding hydrogens is 423 g/mol. The molecule has 30 heavy (non-hydrogen) atoms. The largest absolute Gasteiger partial charge is 0.383 e. The number of carbonyl (C=O) groups is 1. The highest BCUT2D eigenvalue weighted by molar-refractivity contribution is 6.44. The minimum atomic E-state index is -0.696. The van der Waals surface area contributed by atoms with Crippen molar-refractivity contribution in [2.24, 2.45) is 22.8 Å². The van der Waals surface area contributed by atoms with Crippen molar-refractivity contribution in [2.45, 2.75) is 32.1 Å². The average Bonchev–Trinajstić information content (AvgIpc) is 3.08. The number of benzene rings is 1. The summed E-state index contributed by atoms with van der Waals surface area (Å²) >= 11 is 12.5. The number of nitrogen functional groups attached to an aromatic ring is 1. The van der Waals surface area contributed by atoms with Crippen LogP contribution in [0, 0.1) is 11.3 Å². The molecule has 1 aliphatic carbocycles. The first kappa shape index (κ1) is 21.2. The summed E-state index contributed by atoms with van der Waals surface area (Å²) in [4.78, 5) is 23.4. The van der Waals surface area contributed by atoms with Gasteiger partial charge in [0.1, 0.15) is 11.5 Å². The zero-order valence-corrected chi connectivity index (χ0v) is 18.2. The van der Waals surface area contributed by atoms with Crippen molar-refractivity contribution in [3.63, 3.8) is 0 Å². The molecule has 9 heteroatoms. The molecular formula is C21H26Cl2N6O. The Labute approximate surface area is 185 Å². The van der Waals surface area contributed by atoms with Gasteiger partial charge >= 0.3 is 0 Å². The summed E-state index contributed by atoms with van der Waals surface area (Å²) in [7, 11) is 0. The van der Waals surface area contributed by atoms with E-state index in [2.05, 4.69) is 14.9 Å². The minimum Gasteiger partial charge on any atom is -0.383 e. The van der Waals surface area contributed by atoms with Crippen LogP contribution >= 0.6 is 23.2 Å². The molecule has 7 nitrogen and oxygen atoms in total. The van der Waals surface area contributed by atoms with E-state index in [1.165, 1.54) is 19.3 Å². The maximum atomic E-state index is 12.3. The molecule has 1 atom stereocenters. The molecule has 2 aliphatic rings. The van der Waals surface area contributed by atoms with E-state index in [0.29, 0.717) is 34.6 Å². The topological polar surface area (TPSA) is 124 Å². The van der Waals surface area contributed by atoms with E-state index in [4.69, 9.17) is 40.4 Å². The molecule has 1 amide bonds. The van der Waals surface area contributed by atoms with Crippen LogP contribution in [0.25, 0.3) is 11.1 Å². The third-order valence-corrected chi connectivity index (χ3v) is 7.43. The van der Waals surface area contributed by atoms with Gasteiger partial charge in [-0.3, -0.25) is 4.79 Å². The molecule has 1 saturated heterocycles. The molecule has 160 valence electrons. The molecule has 2 fully saturated rings. The summed E-state index contributed by atoms with van der Waals surface area (Å²) in [5.74, 6) is 0.219. The highest BCUT2D eigenvalue weighted by atomic mass is 35.5. The number of rotatable bonds is 4. The highest BCUT2D eigenvalue weighted by Crippen LogP contribution is 2.48. The van der Waals surface area contributed by atoms with Crippen molar-refractivity contribution in [3.8, 4) is 11.1 Å². The number of hydrogen-bond acceptors (Lipinski definition) is 6. The fourth-order valence-corrected chi connectivity index (χ4v) is 5.48. The van der Waals surface area contributed by atoms with Crippen LogP contribution in [0.4, 0.5) is 11.8 Å². The van der Waals surface area contributed by atoms with Crippen LogP contribution in [-0.4, -0.2) is 35.5 Å². The Morgan fingerprint density at radius 2 is 1.93 bits per heavy atom. The van der Waals surface area contributed by atoms with Crippen LogP contribution in [0.2, 0.25) is 10.0 Å². The lowest BCUT2D eigenvalue weighted by molar-refractivity contribution is 0.0996. The number of nitrogens with zero attached hydrogens (tertiary/aromatic N) is 3. The third-order valence-electron chi connectivity index (χ3n) is 6.61. The Morgan fingerprint density at radius 3 is 2.60 bits per heavy atom. The number of hydrogen-bond donors (Lipinski definition) is 3. The Hall–Kier alpha value is -2.09. The predicted octanol–water partition coefficient (Wildman–Crippen LogP) is 3.48. The molecule has 1 aromatic heterocycles. The first-order valence-electron chi connectivity index (χ1n) is 10.2. The first-order valence-corrected chi connectivity index (χ1v) is 11.0. The number of aromatic nitrogens is 2. The fourth-order valence-electron chi connectivity index (χ4n) is 5.08. The molecule has 1 unspecified atom stereocenters. The summed E-state index contributed by atoms with van der Waals surface area (Å²) in [6.07, 6.45) is 6.00. The van der Waals surface area contributed by atoms with E-state index in [1.807, 2.05) is 0 Å². The van der Waals surface area contributed by atoms with E-state index in [1.54, 1.807) is 18.2 Å². The van der Waals surface area contributed by atoms with Gasteiger partial charge in [-0.25, -0.2) is 4.98 Å². The van der Waals surface area contributed by atoms with Crippen molar-refractivity contribution < 1.29 is 4.79 Å². The van der Waals surface area contributed by atoms with Crippen molar-refractivity contribution in [3.05, 3.63) is 33.9 Å². The van der Waals surface area contributed by atoms with Gasteiger partial charge in [0.2, 0.25) is 5.95 Å². The molecule has 6 N–H and O–H groups in total. The zero-order valence-electron chi connectivity index (χ0n) is 16.7. The minimum absolute atomic E-state index is 0.0376. The maximum absolute atomic E-state index is 12.3. The number of primary amides is 1. The van der Waals surface area contributed by atoms with Crippen LogP contribution in [0.1, 0.15) is 42.6 Å². The third kappa shape index (κ3) is 3.59. The summed E-state index contributed by atoms with van der Waals surface area (Å²) < 4.78 is 0. The zero-order chi connectivity index (χ0) is 21.5. The fraction of sp³-hybridized carbons (Fsp3) is 0.476. The van der Waals surface area contributed by atoms with Crippen LogP contribution < -0.4 is 22.1 Å². The van der Waals surface area contributed by atoms with Gasteiger partial charge in [-0.2, -0.15) is 4.98 Å². The summed E-state index contributed by atoms with van der Waals surface area (Å²) in [6, 6.07) is 5.09. The lowest BCUT2D eigenvalue weighted by Crippen LogP contribution is -2.36. The van der Waals surface area contributed by atoms with Gasteiger partial charge in [0, 0.05) is 18.7 Å². The second-order valence-corrected chi connectivity index (χ2v) is 9.12. The second-order valence-electron chi connectivity index (χ2n) is 8.33. The second kappa shape index (κ2) is 8.21. The van der Waals surface area contributed by atoms with Gasteiger partial charge in [0.05, 0.1) is 15.6 Å². The van der Waals surface area contributed by atoms with E-state index in [9.17, 15) is 4.79 Å². The van der Waals surface area contributed by atoms with Gasteiger partial charge in [0.25, 0.3) is 5.91 Å². The van der Waals surface area contributed by atoms with Crippen molar-refractivity contribution >= 4 is 40.9 Å². The van der Waals surface area contributed by atoms with E-state index in [0.717, 1.165) is 25.9 Å². The maximum Gasteiger partial charge on any atom is 0.268 e. The van der Waals surface area contributed by atoms with E-state index >= 15 is 0 Å². The molecule has 1 spiro atoms. The van der Waals surface area contributed by atoms with E-state index in [-0.39, 0.29) is 21.9 Å². The summed E-state index contributed by atoms with van der Waals surface area (Å²) in [5, 5.41) is 0.618. The van der Waals surface area contributed by atoms with Crippen LogP contribution in [0.3, 0.4) is 0 Å². The quantitative estimate of drug-likeness (QED) is 0.657. The average molecular weight is 449 g/mol. The molecule has 4 rings (SSSR count). The Kier molecular flexibility index (Phi) is 5.79. The number of halogens is 2. The highest BCUT2D eigenvalue weighted by Gasteiger charge is 2.47. The molecule has 2 aromatic rings. The Morgan fingerprint density at radius 1 is 1.20 bits per heavy atom. The van der Waals surface area contributed by atoms with Crippen LogP contribution in [0.5, 0.6) is 0 Å². The molecule has 1 saturated carbocycles. The monoisotopic (exact) mass is 448 g/mol. The van der Waals surface area contributed by atoms with Gasteiger partial charge < -0.3 is 22.1 Å². The molecule has 2 heterocycles. The number of anilines is 2. The smallest absolute Gasteiger partial charge is 0.268 e. The normalized spacial score (nSPS) is 20.6. The molecule has 1 aromatic carbocycles. The van der Waals surface area contributed by atoms with Crippen molar-refractivity contribution in [1.29, 1.82) is 0 Å². The lowest BCUT2D eigenvalue weighted by Gasteiger charge is -2.37. The summed E-state index contributed by atoms with van der Waals surface area (Å²) in [6.45, 7) is 2.17. The van der Waals surface area contributed by atoms with Crippen LogP contribution in [-0.2, 0) is 0 Å². The number of amides is 1. The Balaban J connectivity index is 1.76. The van der Waals surface area contributed by atoms with Crippen molar-refractivity contribution in [2.75, 3.05) is 30.3 Å². The first-order chi connectivity index (χ1) is 14.4. The van der Waals surface area contributed by atoms with Gasteiger partial charge in [-0.1, -0.05) is 54.6 Å².